The predicted molar refractivity (Wildman–Crippen MR) is 76.1 cm³/mol. The van der Waals surface area contributed by atoms with Crippen molar-refractivity contribution in [2.24, 2.45) is 0 Å². The van der Waals surface area contributed by atoms with Gasteiger partial charge >= 0.3 is 10.1 Å². The Labute approximate surface area is 119 Å². The molecular weight excluding hydrogens is 276 g/mol. The first kappa shape index (κ1) is 14.6. The van der Waals surface area contributed by atoms with Crippen molar-refractivity contribution >= 4 is 10.1 Å². The molecule has 0 bridgehead atoms. The number of rotatable bonds is 5. The molecule has 1 atom stereocenters. The summed E-state index contributed by atoms with van der Waals surface area (Å²) in [4.78, 5) is 0.130. The van der Waals surface area contributed by atoms with Gasteiger partial charge in [0.1, 0.15) is 10.6 Å². The van der Waals surface area contributed by atoms with E-state index >= 15 is 0 Å². The van der Waals surface area contributed by atoms with Crippen LogP contribution in [-0.4, -0.2) is 15.5 Å². The van der Waals surface area contributed by atoms with Crippen molar-refractivity contribution in [3.05, 3.63) is 60.2 Å². The van der Waals surface area contributed by atoms with Gasteiger partial charge in [0.25, 0.3) is 0 Å². The standard InChI is InChI=1S/C15H16O4S/c1-12(18-2)13-7-6-8-14(11-13)19-20(16,17)15-9-4-3-5-10-15/h3-12H,1-2H3. The van der Waals surface area contributed by atoms with E-state index in [0.29, 0.717) is 0 Å². The Morgan fingerprint density at radius 1 is 1.00 bits per heavy atom. The molecule has 0 amide bonds. The topological polar surface area (TPSA) is 52.6 Å². The van der Waals surface area contributed by atoms with Crippen LogP contribution in [-0.2, 0) is 14.9 Å². The molecule has 2 aromatic carbocycles. The fraction of sp³-hybridized carbons (Fsp3) is 0.200. The van der Waals surface area contributed by atoms with Gasteiger partial charge in [0.05, 0.1) is 6.10 Å². The predicted octanol–water partition coefficient (Wildman–Crippen LogP) is 3.16. The summed E-state index contributed by atoms with van der Waals surface area (Å²) in [5.74, 6) is 0.273. The van der Waals surface area contributed by atoms with E-state index in [2.05, 4.69) is 0 Å². The van der Waals surface area contributed by atoms with E-state index in [1.165, 1.54) is 12.1 Å². The van der Waals surface area contributed by atoms with Crippen LogP contribution < -0.4 is 4.18 Å². The lowest BCUT2D eigenvalue weighted by Gasteiger charge is -2.12. The molecule has 20 heavy (non-hydrogen) atoms. The molecule has 2 aromatic rings. The van der Waals surface area contributed by atoms with Crippen molar-refractivity contribution in [3.8, 4) is 5.75 Å². The molecule has 0 aliphatic carbocycles. The second-order valence-corrected chi connectivity index (χ2v) is 5.85. The molecule has 0 fully saturated rings. The Morgan fingerprint density at radius 3 is 2.35 bits per heavy atom. The summed E-state index contributed by atoms with van der Waals surface area (Å²) in [6.45, 7) is 1.88. The molecule has 0 aromatic heterocycles. The smallest absolute Gasteiger partial charge is 0.339 e. The zero-order chi connectivity index (χ0) is 14.6. The third kappa shape index (κ3) is 3.37. The van der Waals surface area contributed by atoms with Gasteiger partial charge in [-0.2, -0.15) is 8.42 Å². The number of hydrogen-bond donors (Lipinski definition) is 0. The van der Waals surface area contributed by atoms with Crippen molar-refractivity contribution in [2.75, 3.05) is 7.11 Å². The molecule has 0 aliphatic rings. The molecule has 0 radical (unpaired) electrons. The quantitative estimate of drug-likeness (QED) is 0.794. The molecule has 0 N–H and O–H groups in total. The van der Waals surface area contributed by atoms with Crippen LogP contribution in [0.15, 0.2) is 59.5 Å². The Hall–Kier alpha value is -1.85. The normalized spacial score (nSPS) is 12.9. The Morgan fingerprint density at radius 2 is 1.70 bits per heavy atom. The van der Waals surface area contributed by atoms with Gasteiger partial charge in [0.2, 0.25) is 0 Å². The molecule has 5 heteroatoms. The highest BCUT2D eigenvalue weighted by atomic mass is 32.2. The van der Waals surface area contributed by atoms with E-state index in [-0.39, 0.29) is 16.7 Å². The van der Waals surface area contributed by atoms with Gasteiger partial charge in [0.15, 0.2) is 0 Å². The highest BCUT2D eigenvalue weighted by Gasteiger charge is 2.16. The molecule has 1 unspecified atom stereocenters. The van der Waals surface area contributed by atoms with Gasteiger partial charge in [0, 0.05) is 7.11 Å². The van der Waals surface area contributed by atoms with Gasteiger partial charge in [-0.25, -0.2) is 0 Å². The van der Waals surface area contributed by atoms with Gasteiger partial charge in [-0.15, -0.1) is 0 Å². The summed E-state index contributed by atoms with van der Waals surface area (Å²) in [5.41, 5.74) is 0.855. The van der Waals surface area contributed by atoms with Gasteiger partial charge in [-0.05, 0) is 36.8 Å². The van der Waals surface area contributed by atoms with E-state index in [1.54, 1.807) is 43.5 Å². The average molecular weight is 292 g/mol. The van der Waals surface area contributed by atoms with Crippen LogP contribution >= 0.6 is 0 Å². The lowest BCUT2D eigenvalue weighted by molar-refractivity contribution is 0.119. The van der Waals surface area contributed by atoms with Crippen molar-refractivity contribution in [2.45, 2.75) is 17.9 Å². The highest BCUT2D eigenvalue weighted by molar-refractivity contribution is 7.87. The first-order valence-electron chi connectivity index (χ1n) is 6.15. The van der Waals surface area contributed by atoms with E-state index in [1.807, 2.05) is 13.0 Å². The summed E-state index contributed by atoms with van der Waals surface area (Å²) in [6.07, 6.45) is -0.127. The lowest BCUT2D eigenvalue weighted by atomic mass is 10.1. The lowest BCUT2D eigenvalue weighted by Crippen LogP contribution is -2.09. The van der Waals surface area contributed by atoms with E-state index in [4.69, 9.17) is 8.92 Å². The van der Waals surface area contributed by atoms with Gasteiger partial charge in [-0.1, -0.05) is 30.3 Å². The van der Waals surface area contributed by atoms with Crippen LogP contribution in [0.3, 0.4) is 0 Å². The van der Waals surface area contributed by atoms with Crippen LogP contribution in [0, 0.1) is 0 Å². The SMILES string of the molecule is COC(C)c1cccc(OS(=O)(=O)c2ccccc2)c1. The molecule has 0 saturated carbocycles. The number of methoxy groups -OCH3 is 1. The minimum absolute atomic E-state index is 0.127. The Kier molecular flexibility index (Phi) is 4.42. The monoisotopic (exact) mass is 292 g/mol. The second-order valence-electron chi connectivity index (χ2n) is 4.30. The maximum absolute atomic E-state index is 12.1. The first-order chi connectivity index (χ1) is 9.53. The molecule has 0 heterocycles. The first-order valence-corrected chi connectivity index (χ1v) is 7.56. The van der Waals surface area contributed by atoms with Crippen molar-refractivity contribution in [3.63, 3.8) is 0 Å². The summed E-state index contributed by atoms with van der Waals surface area (Å²) in [5, 5.41) is 0. The van der Waals surface area contributed by atoms with Crippen molar-refractivity contribution in [1.29, 1.82) is 0 Å². The van der Waals surface area contributed by atoms with Crippen LogP contribution in [0.25, 0.3) is 0 Å². The Balaban J connectivity index is 2.26. The second kappa shape index (κ2) is 6.07. The molecule has 4 nitrogen and oxygen atoms in total. The van der Waals surface area contributed by atoms with Crippen molar-refractivity contribution < 1.29 is 17.3 Å². The minimum Gasteiger partial charge on any atom is -0.379 e. The van der Waals surface area contributed by atoms with Gasteiger partial charge < -0.3 is 8.92 Å². The molecule has 0 spiro atoms. The van der Waals surface area contributed by atoms with Crippen LogP contribution in [0.2, 0.25) is 0 Å². The van der Waals surface area contributed by atoms with Crippen LogP contribution in [0.5, 0.6) is 5.75 Å². The number of ether oxygens (including phenoxy) is 1. The molecular formula is C15H16O4S. The zero-order valence-electron chi connectivity index (χ0n) is 11.3. The molecule has 0 aliphatic heterocycles. The van der Waals surface area contributed by atoms with Crippen molar-refractivity contribution in [1.82, 2.24) is 0 Å². The van der Waals surface area contributed by atoms with Crippen LogP contribution in [0.4, 0.5) is 0 Å². The van der Waals surface area contributed by atoms with Gasteiger partial charge in [-0.3, -0.25) is 0 Å². The third-order valence-corrected chi connectivity index (χ3v) is 4.18. The maximum atomic E-state index is 12.1. The summed E-state index contributed by atoms with van der Waals surface area (Å²) in [7, 11) is -2.21. The fourth-order valence-electron chi connectivity index (χ4n) is 1.72. The third-order valence-electron chi connectivity index (χ3n) is 2.92. The highest BCUT2D eigenvalue weighted by Crippen LogP contribution is 2.23. The number of benzene rings is 2. The largest absolute Gasteiger partial charge is 0.379 e. The van der Waals surface area contributed by atoms with E-state index in [9.17, 15) is 8.42 Å². The van der Waals surface area contributed by atoms with E-state index < -0.39 is 10.1 Å². The molecule has 0 saturated heterocycles. The fourth-order valence-corrected chi connectivity index (χ4v) is 2.66. The maximum Gasteiger partial charge on any atom is 0.339 e. The molecule has 106 valence electrons. The van der Waals surface area contributed by atoms with Crippen LogP contribution in [0.1, 0.15) is 18.6 Å². The summed E-state index contributed by atoms with van der Waals surface area (Å²) in [6, 6.07) is 14.9. The molecule has 2 rings (SSSR count). The average Bonchev–Trinajstić information content (AvgIpc) is 2.47. The zero-order valence-corrected chi connectivity index (χ0v) is 12.1. The minimum atomic E-state index is -3.80. The number of hydrogen-bond acceptors (Lipinski definition) is 4. The summed E-state index contributed by atoms with van der Waals surface area (Å²) >= 11 is 0. The summed E-state index contributed by atoms with van der Waals surface area (Å²) < 4.78 is 34.5. The Bertz CT molecular complexity index is 665. The van der Waals surface area contributed by atoms with E-state index in [0.717, 1.165) is 5.56 Å².